The molecule has 1 atom stereocenters. The van der Waals surface area contributed by atoms with Crippen molar-refractivity contribution >= 4 is 23.5 Å². The number of urea groups is 1. The van der Waals surface area contributed by atoms with Crippen LogP contribution in [-0.2, 0) is 5.75 Å². The van der Waals surface area contributed by atoms with Crippen molar-refractivity contribution in [3.8, 4) is 0 Å². The summed E-state index contributed by atoms with van der Waals surface area (Å²) in [6.45, 7) is 4.23. The van der Waals surface area contributed by atoms with Crippen molar-refractivity contribution in [2.75, 3.05) is 18.1 Å². The average Bonchev–Trinajstić information content (AvgIpc) is 2.90. The highest BCUT2D eigenvalue weighted by atomic mass is 32.2. The third-order valence-corrected chi connectivity index (χ3v) is 4.47. The summed E-state index contributed by atoms with van der Waals surface area (Å²) in [7, 11) is 0. The standard InChI is InChI=1S/C16H24N2O2S/c1-16(2,20)14-5-4-10-18(14)15(19)17-13-8-6-12(7-9-13)11-21-3/h6-9,14,20H,4-5,10-11H2,1-3H3,(H,17,19). The lowest BCUT2D eigenvalue weighted by atomic mass is 9.97. The number of benzene rings is 1. The van der Waals surface area contributed by atoms with E-state index in [1.54, 1.807) is 30.5 Å². The monoisotopic (exact) mass is 308 g/mol. The summed E-state index contributed by atoms with van der Waals surface area (Å²) in [5, 5.41) is 13.1. The predicted octanol–water partition coefficient (Wildman–Crippen LogP) is 3.32. The Bertz CT molecular complexity index is 482. The molecule has 2 N–H and O–H groups in total. The Balaban J connectivity index is 2.00. The number of hydrogen-bond acceptors (Lipinski definition) is 3. The number of likely N-dealkylation sites (tertiary alicyclic amines) is 1. The van der Waals surface area contributed by atoms with E-state index in [1.165, 1.54) is 5.56 Å². The van der Waals surface area contributed by atoms with Gasteiger partial charge >= 0.3 is 6.03 Å². The Morgan fingerprint density at radius 2 is 2.10 bits per heavy atom. The molecule has 0 bridgehead atoms. The zero-order valence-corrected chi connectivity index (χ0v) is 13.7. The minimum absolute atomic E-state index is 0.117. The van der Waals surface area contributed by atoms with Crippen molar-refractivity contribution in [1.29, 1.82) is 0 Å². The van der Waals surface area contributed by atoms with E-state index in [4.69, 9.17) is 0 Å². The second kappa shape index (κ2) is 6.71. The molecule has 1 fully saturated rings. The molecule has 0 aliphatic carbocycles. The van der Waals surface area contributed by atoms with Crippen LogP contribution in [-0.4, -0.2) is 40.5 Å². The zero-order valence-electron chi connectivity index (χ0n) is 12.9. The van der Waals surface area contributed by atoms with Crippen molar-refractivity contribution in [2.45, 2.75) is 44.1 Å². The van der Waals surface area contributed by atoms with Gasteiger partial charge in [0.25, 0.3) is 0 Å². The highest BCUT2D eigenvalue weighted by molar-refractivity contribution is 7.97. The first-order chi connectivity index (χ1) is 9.91. The van der Waals surface area contributed by atoms with Gasteiger partial charge in [-0.25, -0.2) is 4.79 Å². The molecule has 5 heteroatoms. The molecular formula is C16H24N2O2S. The highest BCUT2D eigenvalue weighted by Gasteiger charge is 2.38. The van der Waals surface area contributed by atoms with Gasteiger partial charge in [-0.15, -0.1) is 0 Å². The van der Waals surface area contributed by atoms with E-state index in [0.29, 0.717) is 6.54 Å². The van der Waals surface area contributed by atoms with Crippen LogP contribution in [0.4, 0.5) is 10.5 Å². The van der Waals surface area contributed by atoms with Crippen molar-refractivity contribution in [3.05, 3.63) is 29.8 Å². The van der Waals surface area contributed by atoms with E-state index in [-0.39, 0.29) is 12.1 Å². The van der Waals surface area contributed by atoms with Crippen molar-refractivity contribution in [1.82, 2.24) is 4.90 Å². The summed E-state index contributed by atoms with van der Waals surface area (Å²) in [6.07, 6.45) is 3.86. The first kappa shape index (κ1) is 16.2. The third kappa shape index (κ3) is 4.14. The summed E-state index contributed by atoms with van der Waals surface area (Å²) in [4.78, 5) is 14.1. The maximum Gasteiger partial charge on any atom is 0.322 e. The molecule has 0 spiro atoms. The summed E-state index contributed by atoms with van der Waals surface area (Å²) >= 11 is 1.77. The summed E-state index contributed by atoms with van der Waals surface area (Å²) in [6, 6.07) is 7.68. The van der Waals surface area contributed by atoms with Crippen LogP contribution in [0.5, 0.6) is 0 Å². The van der Waals surface area contributed by atoms with Crippen molar-refractivity contribution in [2.24, 2.45) is 0 Å². The number of amides is 2. The number of hydrogen-bond donors (Lipinski definition) is 2. The number of rotatable bonds is 4. The molecule has 1 aliphatic rings. The molecule has 1 saturated heterocycles. The number of nitrogens with zero attached hydrogens (tertiary/aromatic N) is 1. The number of nitrogens with one attached hydrogen (secondary N) is 1. The molecule has 1 aliphatic heterocycles. The molecule has 116 valence electrons. The summed E-state index contributed by atoms with van der Waals surface area (Å²) in [5.74, 6) is 0.973. The Labute approximate surface area is 130 Å². The molecule has 0 saturated carbocycles. The SMILES string of the molecule is CSCc1ccc(NC(=O)N2CCCC2C(C)(C)O)cc1. The van der Waals surface area contributed by atoms with Gasteiger partial charge in [0.15, 0.2) is 0 Å². The fourth-order valence-electron chi connectivity index (χ4n) is 2.79. The third-order valence-electron chi connectivity index (χ3n) is 3.85. The minimum Gasteiger partial charge on any atom is -0.388 e. The molecule has 1 unspecified atom stereocenters. The largest absolute Gasteiger partial charge is 0.388 e. The lowest BCUT2D eigenvalue weighted by Crippen LogP contribution is -2.49. The molecule has 2 rings (SSSR count). The Hall–Kier alpha value is -1.20. The second-order valence-corrected chi connectivity index (χ2v) is 6.93. The fourth-order valence-corrected chi connectivity index (χ4v) is 3.32. The smallest absolute Gasteiger partial charge is 0.322 e. The number of anilines is 1. The molecule has 1 aromatic carbocycles. The van der Waals surface area contributed by atoms with Crippen molar-refractivity contribution < 1.29 is 9.90 Å². The zero-order chi connectivity index (χ0) is 15.5. The molecule has 2 amide bonds. The number of carbonyl (C=O) groups excluding carboxylic acids is 1. The highest BCUT2D eigenvalue weighted by Crippen LogP contribution is 2.27. The van der Waals surface area contributed by atoms with Crippen LogP contribution < -0.4 is 5.32 Å². The molecule has 1 heterocycles. The Kier molecular flexibility index (Phi) is 5.17. The molecule has 4 nitrogen and oxygen atoms in total. The quantitative estimate of drug-likeness (QED) is 0.897. The molecule has 1 aromatic rings. The van der Waals surface area contributed by atoms with Crippen LogP contribution in [0.15, 0.2) is 24.3 Å². The van der Waals surface area contributed by atoms with E-state index >= 15 is 0 Å². The molecular weight excluding hydrogens is 284 g/mol. The number of thioether (sulfide) groups is 1. The second-order valence-electron chi connectivity index (χ2n) is 6.07. The van der Waals surface area contributed by atoms with Crippen LogP contribution in [0.25, 0.3) is 0 Å². The van der Waals surface area contributed by atoms with E-state index in [9.17, 15) is 9.90 Å². The predicted molar refractivity (Wildman–Crippen MR) is 88.7 cm³/mol. The van der Waals surface area contributed by atoms with Gasteiger partial charge in [-0.3, -0.25) is 0 Å². The van der Waals surface area contributed by atoms with Crippen LogP contribution in [0.1, 0.15) is 32.3 Å². The van der Waals surface area contributed by atoms with Gasteiger partial charge in [-0.1, -0.05) is 12.1 Å². The number of aliphatic hydroxyl groups is 1. The van der Waals surface area contributed by atoms with Gasteiger partial charge in [-0.2, -0.15) is 11.8 Å². The van der Waals surface area contributed by atoms with Crippen LogP contribution in [0.3, 0.4) is 0 Å². The van der Waals surface area contributed by atoms with Crippen LogP contribution in [0, 0.1) is 0 Å². The van der Waals surface area contributed by atoms with E-state index in [1.807, 2.05) is 24.3 Å². The van der Waals surface area contributed by atoms with Crippen molar-refractivity contribution in [3.63, 3.8) is 0 Å². The lowest BCUT2D eigenvalue weighted by Gasteiger charge is -2.33. The van der Waals surface area contributed by atoms with Gasteiger partial charge in [0.2, 0.25) is 0 Å². The van der Waals surface area contributed by atoms with Gasteiger partial charge in [0.05, 0.1) is 11.6 Å². The van der Waals surface area contributed by atoms with Gasteiger partial charge in [0, 0.05) is 18.0 Å². The molecule has 0 radical (unpaired) electrons. The Morgan fingerprint density at radius 1 is 1.43 bits per heavy atom. The van der Waals surface area contributed by atoms with E-state index in [0.717, 1.165) is 24.3 Å². The minimum atomic E-state index is -0.865. The fraction of sp³-hybridized carbons (Fsp3) is 0.562. The average molecular weight is 308 g/mol. The summed E-state index contributed by atoms with van der Waals surface area (Å²) < 4.78 is 0. The van der Waals surface area contributed by atoms with E-state index < -0.39 is 5.60 Å². The Morgan fingerprint density at radius 3 is 2.67 bits per heavy atom. The first-order valence-corrected chi connectivity index (χ1v) is 8.69. The maximum atomic E-state index is 12.4. The van der Waals surface area contributed by atoms with E-state index in [2.05, 4.69) is 11.6 Å². The maximum absolute atomic E-state index is 12.4. The molecule has 21 heavy (non-hydrogen) atoms. The topological polar surface area (TPSA) is 52.6 Å². The first-order valence-electron chi connectivity index (χ1n) is 7.29. The van der Waals surface area contributed by atoms with Gasteiger partial charge < -0.3 is 15.3 Å². The lowest BCUT2D eigenvalue weighted by molar-refractivity contribution is 0.0117. The van der Waals surface area contributed by atoms with Crippen LogP contribution in [0.2, 0.25) is 0 Å². The van der Waals surface area contributed by atoms with Crippen LogP contribution >= 0.6 is 11.8 Å². The molecule has 0 aromatic heterocycles. The van der Waals surface area contributed by atoms with Gasteiger partial charge in [0.1, 0.15) is 0 Å². The normalized spacial score (nSPS) is 18.9. The number of carbonyl (C=O) groups is 1. The van der Waals surface area contributed by atoms with Gasteiger partial charge in [-0.05, 0) is 50.6 Å². The summed E-state index contributed by atoms with van der Waals surface area (Å²) in [5.41, 5.74) is 1.18.